The van der Waals surface area contributed by atoms with E-state index in [0.717, 1.165) is 0 Å². The maximum atomic E-state index is 3.95. The van der Waals surface area contributed by atoms with Gasteiger partial charge >= 0.3 is 0 Å². The summed E-state index contributed by atoms with van der Waals surface area (Å²) in [6.07, 6.45) is 6.00. The highest BCUT2D eigenvalue weighted by atomic mass is 15.1. The molecule has 0 unspecified atom stereocenters. The van der Waals surface area contributed by atoms with Crippen molar-refractivity contribution < 1.29 is 0 Å². The number of likely N-dealkylation sites (N-methyl/N-ethyl adjacent to an activating group) is 1. The molecule has 0 atom stereocenters. The highest BCUT2D eigenvalue weighted by molar-refractivity contribution is 5.41. The minimum atomic E-state index is 0.457. The standard InChI is InChI=1S/C16H27N/c1-9-14(12(4)5)16(17(8)11-3)15(10-2)13(6)7/h9-13H,1,3H2,2,4-8H3/b15-10-,16-14-. The SMILES string of the molecule is C=C/C(=C(\C(=C/C)C(C)C)N(C)C=C)C(C)C. The third-order valence-electron chi connectivity index (χ3n) is 2.95. The molecule has 0 spiro atoms. The van der Waals surface area contributed by atoms with Crippen LogP contribution in [0.3, 0.4) is 0 Å². The maximum absolute atomic E-state index is 3.95. The number of hydrogen-bond acceptors (Lipinski definition) is 1. The normalized spacial score (nSPS) is 13.8. The summed E-state index contributed by atoms with van der Waals surface area (Å²) in [7, 11) is 2.04. The molecule has 0 aliphatic heterocycles. The average molecular weight is 233 g/mol. The Morgan fingerprint density at radius 2 is 1.59 bits per heavy atom. The van der Waals surface area contributed by atoms with E-state index in [1.807, 2.05) is 19.3 Å². The first kappa shape index (κ1) is 15.8. The van der Waals surface area contributed by atoms with Crippen LogP contribution in [0.4, 0.5) is 0 Å². The van der Waals surface area contributed by atoms with Crippen LogP contribution in [0.15, 0.2) is 48.4 Å². The Morgan fingerprint density at radius 1 is 1.06 bits per heavy atom. The Hall–Kier alpha value is -1.24. The summed E-state index contributed by atoms with van der Waals surface area (Å²) in [5.41, 5.74) is 3.85. The van der Waals surface area contributed by atoms with Gasteiger partial charge in [-0.25, -0.2) is 0 Å². The summed E-state index contributed by atoms with van der Waals surface area (Å²) in [5, 5.41) is 0. The van der Waals surface area contributed by atoms with Crippen LogP contribution in [0.2, 0.25) is 0 Å². The largest absolute Gasteiger partial charge is 0.351 e. The molecule has 0 amide bonds. The molecule has 0 aromatic carbocycles. The molecular weight excluding hydrogens is 206 g/mol. The number of nitrogens with zero attached hydrogens (tertiary/aromatic N) is 1. The van der Waals surface area contributed by atoms with Gasteiger partial charge in [0.05, 0.1) is 0 Å². The predicted octanol–water partition coefficient (Wildman–Crippen LogP) is 4.76. The molecule has 0 aromatic rings. The van der Waals surface area contributed by atoms with E-state index in [1.165, 1.54) is 16.8 Å². The van der Waals surface area contributed by atoms with Gasteiger partial charge in [0.15, 0.2) is 0 Å². The smallest absolute Gasteiger partial charge is 0.0470 e. The molecule has 0 rings (SSSR count). The zero-order valence-electron chi connectivity index (χ0n) is 12.2. The molecule has 96 valence electrons. The fraction of sp³-hybridized carbons (Fsp3) is 0.500. The van der Waals surface area contributed by atoms with E-state index in [1.54, 1.807) is 0 Å². The Labute approximate surface area is 107 Å². The number of allylic oxidation sites excluding steroid dienone is 4. The summed E-state index contributed by atoms with van der Waals surface area (Å²) < 4.78 is 0. The van der Waals surface area contributed by atoms with E-state index in [0.29, 0.717) is 11.8 Å². The van der Waals surface area contributed by atoms with Crippen molar-refractivity contribution in [3.63, 3.8) is 0 Å². The van der Waals surface area contributed by atoms with Gasteiger partial charge in [-0.2, -0.15) is 0 Å². The fourth-order valence-electron chi connectivity index (χ4n) is 2.01. The first-order valence-electron chi connectivity index (χ1n) is 6.29. The van der Waals surface area contributed by atoms with Crippen LogP contribution in [0.5, 0.6) is 0 Å². The van der Waals surface area contributed by atoms with Crippen LogP contribution >= 0.6 is 0 Å². The van der Waals surface area contributed by atoms with E-state index >= 15 is 0 Å². The summed E-state index contributed by atoms with van der Waals surface area (Å²) in [6, 6.07) is 0. The van der Waals surface area contributed by atoms with Gasteiger partial charge in [0.25, 0.3) is 0 Å². The molecule has 0 saturated carbocycles. The second kappa shape index (κ2) is 7.16. The van der Waals surface area contributed by atoms with Gasteiger partial charge < -0.3 is 4.90 Å². The van der Waals surface area contributed by atoms with Gasteiger partial charge in [-0.3, -0.25) is 0 Å². The van der Waals surface area contributed by atoms with Crippen molar-refractivity contribution in [1.29, 1.82) is 0 Å². The molecule has 17 heavy (non-hydrogen) atoms. The minimum Gasteiger partial charge on any atom is -0.351 e. The Morgan fingerprint density at radius 3 is 1.82 bits per heavy atom. The van der Waals surface area contributed by atoms with Crippen LogP contribution in [-0.4, -0.2) is 11.9 Å². The van der Waals surface area contributed by atoms with E-state index in [2.05, 4.69) is 58.8 Å². The van der Waals surface area contributed by atoms with E-state index in [-0.39, 0.29) is 0 Å². The first-order valence-corrected chi connectivity index (χ1v) is 6.29. The second-order valence-corrected chi connectivity index (χ2v) is 4.85. The molecule has 0 N–H and O–H groups in total. The average Bonchev–Trinajstić information content (AvgIpc) is 2.27. The third kappa shape index (κ3) is 3.92. The van der Waals surface area contributed by atoms with Gasteiger partial charge in [-0.1, -0.05) is 53.0 Å². The molecule has 1 heteroatoms. The summed E-state index contributed by atoms with van der Waals surface area (Å²) >= 11 is 0. The number of rotatable bonds is 6. The van der Waals surface area contributed by atoms with E-state index in [4.69, 9.17) is 0 Å². The van der Waals surface area contributed by atoms with Crippen molar-refractivity contribution in [3.05, 3.63) is 48.4 Å². The summed E-state index contributed by atoms with van der Waals surface area (Å²) in [5.74, 6) is 0.949. The maximum Gasteiger partial charge on any atom is 0.0470 e. The van der Waals surface area contributed by atoms with Gasteiger partial charge in [0, 0.05) is 12.7 Å². The molecule has 0 aliphatic carbocycles. The van der Waals surface area contributed by atoms with Crippen molar-refractivity contribution >= 4 is 0 Å². The lowest BCUT2D eigenvalue weighted by atomic mass is 9.91. The summed E-state index contributed by atoms with van der Waals surface area (Å²) in [6.45, 7) is 18.7. The van der Waals surface area contributed by atoms with Crippen molar-refractivity contribution in [2.45, 2.75) is 34.6 Å². The molecule has 0 bridgehead atoms. The number of hydrogen-bond donors (Lipinski definition) is 0. The van der Waals surface area contributed by atoms with E-state index < -0.39 is 0 Å². The zero-order valence-corrected chi connectivity index (χ0v) is 12.2. The molecule has 0 radical (unpaired) electrons. The molecule has 0 aliphatic rings. The lowest BCUT2D eigenvalue weighted by molar-refractivity contribution is 0.539. The van der Waals surface area contributed by atoms with Gasteiger partial charge in [0.2, 0.25) is 0 Å². The highest BCUT2D eigenvalue weighted by Crippen LogP contribution is 2.29. The van der Waals surface area contributed by atoms with Crippen molar-refractivity contribution in [2.24, 2.45) is 11.8 Å². The first-order chi connectivity index (χ1) is 7.90. The van der Waals surface area contributed by atoms with Crippen molar-refractivity contribution in [1.82, 2.24) is 4.90 Å². The summed E-state index contributed by atoms with van der Waals surface area (Å²) in [4.78, 5) is 2.09. The minimum absolute atomic E-state index is 0.457. The molecule has 0 heterocycles. The van der Waals surface area contributed by atoms with Gasteiger partial charge in [0.1, 0.15) is 0 Å². The van der Waals surface area contributed by atoms with Crippen LogP contribution in [0.1, 0.15) is 34.6 Å². The molecular formula is C16H27N. The Bertz CT molecular complexity index is 329. The third-order valence-corrected chi connectivity index (χ3v) is 2.95. The van der Waals surface area contributed by atoms with Gasteiger partial charge in [-0.15, -0.1) is 0 Å². The quantitative estimate of drug-likeness (QED) is 0.598. The lowest BCUT2D eigenvalue weighted by Gasteiger charge is -2.27. The molecule has 1 nitrogen and oxygen atoms in total. The second-order valence-electron chi connectivity index (χ2n) is 4.85. The monoisotopic (exact) mass is 233 g/mol. The van der Waals surface area contributed by atoms with E-state index in [9.17, 15) is 0 Å². The molecule has 0 aromatic heterocycles. The van der Waals surface area contributed by atoms with Crippen LogP contribution < -0.4 is 0 Å². The highest BCUT2D eigenvalue weighted by Gasteiger charge is 2.17. The zero-order chi connectivity index (χ0) is 13.6. The molecule has 0 fully saturated rings. The van der Waals surface area contributed by atoms with Gasteiger partial charge in [-0.05, 0) is 36.1 Å². The fourth-order valence-corrected chi connectivity index (χ4v) is 2.01. The predicted molar refractivity (Wildman–Crippen MR) is 78.6 cm³/mol. The Kier molecular flexibility index (Phi) is 6.64. The topological polar surface area (TPSA) is 3.24 Å². The van der Waals surface area contributed by atoms with Crippen LogP contribution in [0, 0.1) is 11.8 Å². The Balaban J connectivity index is 5.88. The van der Waals surface area contributed by atoms with Crippen molar-refractivity contribution in [3.8, 4) is 0 Å². The van der Waals surface area contributed by atoms with Crippen LogP contribution in [0.25, 0.3) is 0 Å². The van der Waals surface area contributed by atoms with Crippen LogP contribution in [-0.2, 0) is 0 Å². The molecule has 0 saturated heterocycles. The van der Waals surface area contributed by atoms with Crippen molar-refractivity contribution in [2.75, 3.05) is 7.05 Å². The lowest BCUT2D eigenvalue weighted by Crippen LogP contribution is -2.18.